The molecule has 2 heterocycles. The number of imide groups is 2. The van der Waals surface area contributed by atoms with Gasteiger partial charge in [0.15, 0.2) is 0 Å². The number of hydrogen-bond donors (Lipinski definition) is 1. The highest BCUT2D eigenvalue weighted by Gasteiger charge is 2.37. The highest BCUT2D eigenvalue weighted by molar-refractivity contribution is 6.40. The van der Waals surface area contributed by atoms with Crippen molar-refractivity contribution in [3.8, 4) is 11.5 Å². The summed E-state index contributed by atoms with van der Waals surface area (Å²) in [5.74, 6) is -0.305. The minimum atomic E-state index is -0.853. The summed E-state index contributed by atoms with van der Waals surface area (Å²) in [6.07, 6.45) is 3.37. The molecule has 1 saturated heterocycles. The maximum absolute atomic E-state index is 13.4. The number of anilines is 1. The van der Waals surface area contributed by atoms with Crippen molar-refractivity contribution in [3.63, 3.8) is 0 Å². The lowest BCUT2D eigenvalue weighted by Gasteiger charge is -2.26. The zero-order chi connectivity index (χ0) is 26.8. The highest BCUT2D eigenvalue weighted by Crippen LogP contribution is 2.32. The summed E-state index contributed by atoms with van der Waals surface area (Å²) in [6, 6.07) is 19.1. The van der Waals surface area contributed by atoms with E-state index >= 15 is 0 Å². The fraction of sp³-hybridized carbons (Fsp3) is 0.138. The number of urea groups is 1. The Morgan fingerprint density at radius 2 is 1.74 bits per heavy atom. The van der Waals surface area contributed by atoms with Crippen molar-refractivity contribution in [2.45, 2.75) is 13.5 Å². The number of nitrogens with one attached hydrogen (secondary N) is 1. The van der Waals surface area contributed by atoms with Crippen LogP contribution in [0.4, 0.5) is 10.5 Å². The van der Waals surface area contributed by atoms with Gasteiger partial charge in [0.1, 0.15) is 23.7 Å². The minimum Gasteiger partial charge on any atom is -0.495 e. The lowest BCUT2D eigenvalue weighted by Crippen LogP contribution is -2.54. The van der Waals surface area contributed by atoms with Gasteiger partial charge in [-0.3, -0.25) is 14.9 Å². The third kappa shape index (κ3) is 4.73. The average Bonchev–Trinajstić information content (AvgIpc) is 3.25. The molecule has 4 amide bonds. The molecule has 0 atom stereocenters. The molecule has 1 N–H and O–H groups in total. The number of rotatable bonds is 7. The van der Waals surface area contributed by atoms with Gasteiger partial charge in [-0.2, -0.15) is 0 Å². The van der Waals surface area contributed by atoms with Gasteiger partial charge < -0.3 is 14.0 Å². The van der Waals surface area contributed by atoms with E-state index in [9.17, 15) is 14.4 Å². The van der Waals surface area contributed by atoms with Gasteiger partial charge in [-0.15, -0.1) is 0 Å². The number of carbonyl (C=O) groups excluding carboxylic acids is 3. The molecule has 9 heteroatoms. The molecule has 0 bridgehead atoms. The lowest BCUT2D eigenvalue weighted by atomic mass is 10.1. The number of amides is 4. The summed E-state index contributed by atoms with van der Waals surface area (Å²) >= 11 is 6.21. The third-order valence-electron chi connectivity index (χ3n) is 6.30. The molecule has 1 fully saturated rings. The second-order valence-electron chi connectivity index (χ2n) is 8.69. The van der Waals surface area contributed by atoms with E-state index < -0.39 is 17.8 Å². The summed E-state index contributed by atoms with van der Waals surface area (Å²) in [4.78, 5) is 39.6. The summed E-state index contributed by atoms with van der Waals surface area (Å²) < 4.78 is 13.1. The van der Waals surface area contributed by atoms with Crippen LogP contribution in [0.25, 0.3) is 17.0 Å². The molecule has 38 heavy (non-hydrogen) atoms. The van der Waals surface area contributed by atoms with E-state index in [-0.39, 0.29) is 16.3 Å². The molecular weight excluding hydrogens is 506 g/mol. The zero-order valence-electron chi connectivity index (χ0n) is 20.7. The molecule has 0 radical (unpaired) electrons. The molecule has 0 saturated carbocycles. The van der Waals surface area contributed by atoms with Crippen molar-refractivity contribution >= 4 is 52.1 Å². The Morgan fingerprint density at radius 1 is 0.974 bits per heavy atom. The molecule has 4 aromatic rings. The number of nitrogens with zero attached hydrogens (tertiary/aromatic N) is 2. The van der Waals surface area contributed by atoms with Gasteiger partial charge in [-0.1, -0.05) is 48.0 Å². The van der Waals surface area contributed by atoms with Gasteiger partial charge in [-0.25, -0.2) is 9.69 Å². The second-order valence-corrected chi connectivity index (χ2v) is 9.09. The van der Waals surface area contributed by atoms with Crippen LogP contribution in [-0.2, 0) is 16.1 Å². The second kappa shape index (κ2) is 10.4. The van der Waals surface area contributed by atoms with Crippen LogP contribution in [0.2, 0.25) is 5.02 Å². The van der Waals surface area contributed by atoms with Gasteiger partial charge in [0.25, 0.3) is 11.8 Å². The molecule has 1 aliphatic rings. The topological polar surface area (TPSA) is 89.9 Å². The van der Waals surface area contributed by atoms with Gasteiger partial charge in [0.2, 0.25) is 0 Å². The highest BCUT2D eigenvalue weighted by atomic mass is 35.5. The van der Waals surface area contributed by atoms with Crippen molar-refractivity contribution in [2.24, 2.45) is 0 Å². The quantitative estimate of drug-likeness (QED) is 0.257. The van der Waals surface area contributed by atoms with Gasteiger partial charge >= 0.3 is 6.03 Å². The Bertz CT molecular complexity index is 1610. The number of hydrogen-bond acceptors (Lipinski definition) is 5. The number of halogens is 1. The van der Waals surface area contributed by atoms with Crippen LogP contribution in [0.1, 0.15) is 11.1 Å². The van der Waals surface area contributed by atoms with E-state index in [0.717, 1.165) is 27.1 Å². The molecule has 192 valence electrons. The SMILES string of the molecule is COc1ccc(N2C(=O)NC(=O)/C(=C/c3cn(CCOc4ccccc4C)c4ccccc34)C2=O)cc1Cl. The number of carbonyl (C=O) groups is 3. The Kier molecular flexibility index (Phi) is 6.89. The number of ether oxygens (including phenoxy) is 2. The maximum Gasteiger partial charge on any atom is 0.335 e. The van der Waals surface area contributed by atoms with Crippen molar-refractivity contribution in [1.82, 2.24) is 9.88 Å². The predicted molar refractivity (Wildman–Crippen MR) is 146 cm³/mol. The van der Waals surface area contributed by atoms with Crippen molar-refractivity contribution in [2.75, 3.05) is 18.6 Å². The molecule has 8 nitrogen and oxygen atoms in total. The lowest BCUT2D eigenvalue weighted by molar-refractivity contribution is -0.122. The number of para-hydroxylation sites is 2. The van der Waals surface area contributed by atoms with E-state index in [4.69, 9.17) is 21.1 Å². The Hall–Kier alpha value is -4.56. The fourth-order valence-corrected chi connectivity index (χ4v) is 4.64. The van der Waals surface area contributed by atoms with Gasteiger partial charge in [0.05, 0.1) is 24.4 Å². The first-order valence-corrected chi connectivity index (χ1v) is 12.3. The molecule has 5 rings (SSSR count). The van der Waals surface area contributed by atoms with Crippen LogP contribution >= 0.6 is 11.6 Å². The van der Waals surface area contributed by atoms with E-state index in [1.165, 1.54) is 25.3 Å². The largest absolute Gasteiger partial charge is 0.495 e. The molecule has 0 aliphatic carbocycles. The number of methoxy groups -OCH3 is 1. The first-order chi connectivity index (χ1) is 18.4. The Balaban J connectivity index is 1.46. The molecule has 3 aromatic carbocycles. The fourth-order valence-electron chi connectivity index (χ4n) is 4.39. The Labute approximate surface area is 224 Å². The minimum absolute atomic E-state index is 0.171. The van der Waals surface area contributed by atoms with Crippen molar-refractivity contribution in [3.05, 3.63) is 94.6 Å². The monoisotopic (exact) mass is 529 g/mol. The van der Waals surface area contributed by atoms with Crippen LogP contribution in [-0.4, -0.2) is 36.1 Å². The van der Waals surface area contributed by atoms with Crippen LogP contribution < -0.4 is 19.7 Å². The van der Waals surface area contributed by atoms with Gasteiger partial charge in [-0.05, 0) is 48.9 Å². The number of aryl methyl sites for hydroxylation is 1. The molecule has 0 spiro atoms. The smallest absolute Gasteiger partial charge is 0.335 e. The predicted octanol–water partition coefficient (Wildman–Crippen LogP) is 5.36. The number of barbiturate groups is 1. The molecule has 1 aliphatic heterocycles. The summed E-state index contributed by atoms with van der Waals surface area (Å²) in [7, 11) is 1.46. The van der Waals surface area contributed by atoms with Crippen molar-refractivity contribution < 1.29 is 23.9 Å². The van der Waals surface area contributed by atoms with Crippen LogP contribution in [0.15, 0.2) is 78.5 Å². The first-order valence-electron chi connectivity index (χ1n) is 11.9. The third-order valence-corrected chi connectivity index (χ3v) is 6.59. The van der Waals surface area contributed by atoms with Crippen LogP contribution in [0, 0.1) is 6.92 Å². The molecular formula is C29H24ClN3O5. The molecule has 1 aromatic heterocycles. The van der Waals surface area contributed by atoms with E-state index in [1.807, 2.05) is 66.2 Å². The average molecular weight is 530 g/mol. The van der Waals surface area contributed by atoms with Crippen molar-refractivity contribution in [1.29, 1.82) is 0 Å². The van der Waals surface area contributed by atoms with E-state index in [2.05, 4.69) is 5.32 Å². The Morgan fingerprint density at radius 3 is 2.50 bits per heavy atom. The summed E-state index contributed by atoms with van der Waals surface area (Å²) in [5.41, 5.74) is 2.68. The van der Waals surface area contributed by atoms with Crippen LogP contribution in [0.3, 0.4) is 0 Å². The zero-order valence-corrected chi connectivity index (χ0v) is 21.5. The van der Waals surface area contributed by atoms with Crippen LogP contribution in [0.5, 0.6) is 11.5 Å². The summed E-state index contributed by atoms with van der Waals surface area (Å²) in [6.45, 7) is 2.97. The summed E-state index contributed by atoms with van der Waals surface area (Å²) in [5, 5.41) is 3.33. The van der Waals surface area contributed by atoms with E-state index in [1.54, 1.807) is 6.07 Å². The number of fused-ring (bicyclic) bond motifs is 1. The standard InChI is InChI=1S/C29H24ClN3O5/c1-18-7-3-6-10-25(18)38-14-13-32-17-19(21-8-4-5-9-24(21)32)15-22-27(34)31-29(36)33(28(22)35)20-11-12-26(37-2)23(30)16-20/h3-12,15-17H,13-14H2,1-2H3,(H,31,34,36)/b22-15-. The van der Waals surface area contributed by atoms with Gasteiger partial charge in [0, 0.05) is 22.7 Å². The maximum atomic E-state index is 13.4. The number of aromatic nitrogens is 1. The van der Waals surface area contributed by atoms with E-state index in [0.29, 0.717) is 24.5 Å². The molecule has 0 unspecified atom stereocenters. The first kappa shape index (κ1) is 25.1. The normalized spacial score (nSPS) is 14.8. The number of benzene rings is 3.